The second-order valence-corrected chi connectivity index (χ2v) is 8.17. The summed E-state index contributed by atoms with van der Waals surface area (Å²) in [6, 6.07) is 13.2. The van der Waals surface area contributed by atoms with E-state index in [0.717, 1.165) is 30.9 Å². The van der Waals surface area contributed by atoms with Crippen LogP contribution in [0.1, 0.15) is 24.4 Å². The van der Waals surface area contributed by atoms with Crippen LogP contribution in [-0.2, 0) is 6.18 Å². The summed E-state index contributed by atoms with van der Waals surface area (Å²) in [4.78, 5) is 8.64. The van der Waals surface area contributed by atoms with Crippen LogP contribution in [-0.4, -0.2) is 53.2 Å². The summed E-state index contributed by atoms with van der Waals surface area (Å²) in [5.74, 6) is -0.193. The van der Waals surface area contributed by atoms with Crippen LogP contribution >= 0.6 is 0 Å². The van der Waals surface area contributed by atoms with Crippen LogP contribution < -0.4 is 15.4 Å². The number of hydrogen-bond acceptors (Lipinski definition) is 5. The van der Waals surface area contributed by atoms with Crippen molar-refractivity contribution in [1.29, 1.82) is 0 Å². The number of nitrogens with one attached hydrogen (secondary N) is 3. The Morgan fingerprint density at radius 1 is 1.16 bits per heavy atom. The number of hydrogen-bond donors (Lipinski definition) is 3. The molecule has 2 aromatic carbocycles. The van der Waals surface area contributed by atoms with Crippen molar-refractivity contribution in [3.8, 4) is 5.75 Å². The number of alkyl halides is 3. The van der Waals surface area contributed by atoms with Gasteiger partial charge >= 0.3 is 6.18 Å². The first kappa shape index (κ1) is 20.1. The maximum Gasteiger partial charge on any atom is 0.449 e. The average molecular weight is 431 g/mol. The first-order valence-corrected chi connectivity index (χ1v) is 10.4. The highest BCUT2D eigenvalue weighted by Gasteiger charge is 2.38. The Morgan fingerprint density at radius 2 is 2.00 bits per heavy atom. The normalized spacial score (nSPS) is 24.6. The Morgan fingerprint density at radius 3 is 2.81 bits per heavy atom. The summed E-state index contributed by atoms with van der Waals surface area (Å²) in [6.07, 6.45) is -4.53. The van der Waals surface area contributed by atoms with Gasteiger partial charge in [-0.05, 0) is 25.1 Å². The molecule has 5 rings (SSSR count). The molecule has 3 N–H and O–H groups in total. The molecule has 0 saturated carbocycles. The molecule has 3 aromatic rings. The van der Waals surface area contributed by atoms with Crippen molar-refractivity contribution in [1.82, 2.24) is 20.2 Å². The third-order valence-corrected chi connectivity index (χ3v) is 6.01. The van der Waals surface area contributed by atoms with Gasteiger partial charge in [-0.2, -0.15) is 13.2 Å². The Kier molecular flexibility index (Phi) is 5.02. The maximum absolute atomic E-state index is 13.2. The number of aromatic nitrogens is 2. The van der Waals surface area contributed by atoms with Gasteiger partial charge in [0.05, 0.1) is 23.3 Å². The van der Waals surface area contributed by atoms with Crippen molar-refractivity contribution in [2.24, 2.45) is 0 Å². The van der Waals surface area contributed by atoms with Gasteiger partial charge in [0.2, 0.25) is 5.82 Å². The monoisotopic (exact) mass is 431 g/mol. The first-order valence-electron chi connectivity index (χ1n) is 10.4. The summed E-state index contributed by atoms with van der Waals surface area (Å²) >= 11 is 0. The second-order valence-electron chi connectivity index (χ2n) is 8.17. The Labute approximate surface area is 177 Å². The van der Waals surface area contributed by atoms with Crippen molar-refractivity contribution in [2.75, 3.05) is 31.6 Å². The van der Waals surface area contributed by atoms with Gasteiger partial charge in [0.1, 0.15) is 17.9 Å². The minimum Gasteiger partial charge on any atom is -0.491 e. The van der Waals surface area contributed by atoms with Crippen LogP contribution in [0.4, 0.5) is 18.9 Å². The smallest absolute Gasteiger partial charge is 0.449 e. The fourth-order valence-electron chi connectivity index (χ4n) is 4.55. The number of rotatable bonds is 3. The van der Waals surface area contributed by atoms with E-state index in [1.807, 2.05) is 24.3 Å². The van der Waals surface area contributed by atoms with Gasteiger partial charge in [-0.15, -0.1) is 0 Å². The first-order chi connectivity index (χ1) is 14.9. The van der Waals surface area contributed by atoms with Gasteiger partial charge in [-0.1, -0.05) is 24.3 Å². The quantitative estimate of drug-likeness (QED) is 0.589. The number of para-hydroxylation sites is 2. The third kappa shape index (κ3) is 3.83. The molecule has 9 heteroatoms. The van der Waals surface area contributed by atoms with Crippen molar-refractivity contribution in [3.63, 3.8) is 0 Å². The molecule has 0 aliphatic carbocycles. The zero-order chi connectivity index (χ0) is 21.6. The van der Waals surface area contributed by atoms with Gasteiger partial charge in [0.15, 0.2) is 0 Å². The van der Waals surface area contributed by atoms with E-state index in [9.17, 15) is 13.2 Å². The zero-order valence-electron chi connectivity index (χ0n) is 17.0. The largest absolute Gasteiger partial charge is 0.491 e. The number of imidazole rings is 1. The van der Waals surface area contributed by atoms with Crippen LogP contribution in [0, 0.1) is 0 Å². The van der Waals surface area contributed by atoms with E-state index in [2.05, 4.69) is 32.4 Å². The highest BCUT2D eigenvalue weighted by atomic mass is 19.4. The molecule has 31 heavy (non-hydrogen) atoms. The number of ether oxygens (including phenoxy) is 1. The fraction of sp³-hybridized carbons (Fsp3) is 0.409. The number of nitrogens with zero attached hydrogens (tertiary/aromatic N) is 2. The summed E-state index contributed by atoms with van der Waals surface area (Å²) in [5, 5.41) is 6.97. The van der Waals surface area contributed by atoms with E-state index in [1.165, 1.54) is 0 Å². The third-order valence-electron chi connectivity index (χ3n) is 6.01. The molecule has 0 unspecified atom stereocenters. The molecule has 2 aliphatic rings. The molecule has 1 saturated heterocycles. The maximum atomic E-state index is 13.2. The lowest BCUT2D eigenvalue weighted by atomic mass is 9.93. The predicted octanol–water partition coefficient (Wildman–Crippen LogP) is 3.79. The molecule has 2 aliphatic heterocycles. The molecule has 1 fully saturated rings. The molecule has 6 nitrogen and oxygen atoms in total. The Hall–Kier alpha value is -2.78. The molecule has 3 heterocycles. The molecule has 0 spiro atoms. The Balaban J connectivity index is 1.54. The lowest BCUT2D eigenvalue weighted by Gasteiger charge is -2.44. The number of piperazine rings is 1. The topological polar surface area (TPSA) is 65.2 Å². The highest BCUT2D eigenvalue weighted by molar-refractivity contribution is 5.88. The zero-order valence-corrected chi connectivity index (χ0v) is 17.0. The van der Waals surface area contributed by atoms with Crippen LogP contribution in [0.5, 0.6) is 5.75 Å². The number of H-pyrrole nitrogens is 1. The molecular formula is C22H24F3N5O. The predicted molar refractivity (Wildman–Crippen MR) is 112 cm³/mol. The van der Waals surface area contributed by atoms with Crippen molar-refractivity contribution >= 4 is 16.7 Å². The Bertz CT molecular complexity index is 1080. The second kappa shape index (κ2) is 7.72. The average Bonchev–Trinajstić information content (AvgIpc) is 3.20. The van der Waals surface area contributed by atoms with Crippen molar-refractivity contribution in [2.45, 2.75) is 31.2 Å². The van der Waals surface area contributed by atoms with E-state index in [1.54, 1.807) is 18.2 Å². The molecule has 0 amide bonds. The van der Waals surface area contributed by atoms with Gasteiger partial charge in [-0.25, -0.2) is 4.98 Å². The van der Waals surface area contributed by atoms with Gasteiger partial charge in [0.25, 0.3) is 0 Å². The van der Waals surface area contributed by atoms with Gasteiger partial charge in [-0.3, -0.25) is 4.90 Å². The SMILES string of the molecule is C[C@@H]1CN([C@H]2COc3ccccc3[C@@H]2Nc2cccc3[nH]c(C(F)(F)F)nc23)CCN1. The van der Waals surface area contributed by atoms with Crippen LogP contribution in [0.3, 0.4) is 0 Å². The molecule has 164 valence electrons. The minimum atomic E-state index is -4.53. The lowest BCUT2D eigenvalue weighted by Crippen LogP contribution is -2.57. The fourth-order valence-corrected chi connectivity index (χ4v) is 4.55. The summed E-state index contributed by atoms with van der Waals surface area (Å²) in [6.45, 7) is 5.29. The van der Waals surface area contributed by atoms with Crippen LogP contribution in [0.15, 0.2) is 42.5 Å². The number of halogens is 3. The highest BCUT2D eigenvalue weighted by Crippen LogP contribution is 2.38. The van der Waals surface area contributed by atoms with E-state index < -0.39 is 12.0 Å². The summed E-state index contributed by atoms with van der Waals surface area (Å²) in [7, 11) is 0. The molecule has 0 bridgehead atoms. The number of anilines is 1. The molecule has 3 atom stereocenters. The standard InChI is InChI=1S/C22H24F3N5O/c1-13-11-30(10-9-26-13)17-12-31-18-8-3-2-5-14(18)19(17)27-15-6-4-7-16-20(15)29-21(28-16)22(23,24)25/h2-8,13,17,19,26-27H,9-12H2,1H3,(H,28,29)/t13-,17+,19+/m1/s1. The van der Waals surface area contributed by atoms with Gasteiger partial charge in [0, 0.05) is 31.2 Å². The molecule has 0 radical (unpaired) electrons. The number of benzene rings is 2. The van der Waals surface area contributed by atoms with Crippen molar-refractivity contribution < 1.29 is 17.9 Å². The van der Waals surface area contributed by atoms with E-state index in [4.69, 9.17) is 4.74 Å². The number of aromatic amines is 1. The van der Waals surface area contributed by atoms with Crippen LogP contribution in [0.25, 0.3) is 11.0 Å². The van der Waals surface area contributed by atoms with Gasteiger partial charge < -0.3 is 20.4 Å². The molecular weight excluding hydrogens is 407 g/mol. The summed E-state index contributed by atoms with van der Waals surface area (Å²) < 4.78 is 45.7. The number of fused-ring (bicyclic) bond motifs is 2. The lowest BCUT2D eigenvalue weighted by molar-refractivity contribution is -0.144. The van der Waals surface area contributed by atoms with E-state index >= 15 is 0 Å². The van der Waals surface area contributed by atoms with E-state index in [-0.39, 0.29) is 17.6 Å². The van der Waals surface area contributed by atoms with Crippen LogP contribution in [0.2, 0.25) is 0 Å². The van der Waals surface area contributed by atoms with Crippen molar-refractivity contribution in [3.05, 3.63) is 53.9 Å². The van der Waals surface area contributed by atoms with E-state index in [0.29, 0.717) is 23.9 Å². The minimum absolute atomic E-state index is 0.0377. The summed E-state index contributed by atoms with van der Waals surface area (Å²) in [5.41, 5.74) is 2.20. The molecule has 1 aromatic heterocycles.